The van der Waals surface area contributed by atoms with Crippen molar-refractivity contribution in [1.82, 2.24) is 5.32 Å². The Balaban J connectivity index is 1.87. The average Bonchev–Trinajstić information content (AvgIpc) is 2.59. The summed E-state index contributed by atoms with van der Waals surface area (Å²) in [5.41, 5.74) is 2.63. The molecule has 3 rings (SSSR count). The Morgan fingerprint density at radius 1 is 1.14 bits per heavy atom. The number of carbonyl (C=O) groups excluding carboxylic acids is 1. The molecule has 1 heterocycles. The fourth-order valence-corrected chi connectivity index (χ4v) is 4.83. The molecule has 7 heteroatoms. The SMILES string of the molecule is Cc1cccc(C)c1N(CC(=O)NC1CC(C)(C)Oc2ccccc21)S(C)(=O)=O. The Morgan fingerprint density at radius 2 is 1.76 bits per heavy atom. The molecular formula is C22H28N2O4S. The first-order valence-corrected chi connectivity index (χ1v) is 11.4. The van der Waals surface area contributed by atoms with Crippen LogP contribution in [-0.2, 0) is 14.8 Å². The number of benzene rings is 2. The van der Waals surface area contributed by atoms with Gasteiger partial charge in [0.15, 0.2) is 0 Å². The first-order valence-electron chi connectivity index (χ1n) is 9.59. The minimum atomic E-state index is -3.63. The molecular weight excluding hydrogens is 388 g/mol. The van der Waals surface area contributed by atoms with E-state index >= 15 is 0 Å². The van der Waals surface area contributed by atoms with Crippen LogP contribution >= 0.6 is 0 Å². The van der Waals surface area contributed by atoms with Gasteiger partial charge in [0, 0.05) is 12.0 Å². The van der Waals surface area contributed by atoms with Crippen LogP contribution in [0.2, 0.25) is 0 Å². The predicted octanol–water partition coefficient (Wildman–Crippen LogP) is 3.49. The van der Waals surface area contributed by atoms with Crippen LogP contribution in [-0.4, -0.2) is 32.7 Å². The lowest BCUT2D eigenvalue weighted by atomic mass is 9.89. The minimum absolute atomic E-state index is 0.248. The lowest BCUT2D eigenvalue weighted by Gasteiger charge is -2.38. The number of carbonyl (C=O) groups is 1. The van der Waals surface area contributed by atoms with Gasteiger partial charge in [0.1, 0.15) is 17.9 Å². The van der Waals surface area contributed by atoms with Crippen molar-refractivity contribution in [3.8, 4) is 5.75 Å². The summed E-state index contributed by atoms with van der Waals surface area (Å²) in [6, 6.07) is 12.9. The summed E-state index contributed by atoms with van der Waals surface area (Å²) in [4.78, 5) is 12.9. The highest BCUT2D eigenvalue weighted by Crippen LogP contribution is 2.39. The van der Waals surface area contributed by atoms with E-state index < -0.39 is 15.6 Å². The number of hydrogen-bond donors (Lipinski definition) is 1. The van der Waals surface area contributed by atoms with E-state index in [4.69, 9.17) is 4.74 Å². The molecule has 1 unspecified atom stereocenters. The number of sulfonamides is 1. The number of aryl methyl sites for hydroxylation is 2. The molecule has 1 aliphatic heterocycles. The molecule has 0 aliphatic carbocycles. The van der Waals surface area contributed by atoms with Crippen LogP contribution in [0.15, 0.2) is 42.5 Å². The van der Waals surface area contributed by atoms with Gasteiger partial charge < -0.3 is 10.1 Å². The van der Waals surface area contributed by atoms with Crippen molar-refractivity contribution in [2.45, 2.75) is 45.8 Å². The van der Waals surface area contributed by atoms with Crippen LogP contribution in [0.4, 0.5) is 5.69 Å². The molecule has 6 nitrogen and oxygen atoms in total. The topological polar surface area (TPSA) is 75.7 Å². The smallest absolute Gasteiger partial charge is 0.241 e. The number of hydrogen-bond acceptors (Lipinski definition) is 4. The van der Waals surface area contributed by atoms with Crippen LogP contribution in [0.5, 0.6) is 5.75 Å². The molecule has 2 aromatic rings. The van der Waals surface area contributed by atoms with Gasteiger partial charge in [-0.2, -0.15) is 0 Å². The van der Waals surface area contributed by atoms with Gasteiger partial charge in [0.05, 0.1) is 18.0 Å². The Bertz CT molecular complexity index is 1010. The molecule has 29 heavy (non-hydrogen) atoms. The van der Waals surface area contributed by atoms with E-state index in [1.165, 1.54) is 4.31 Å². The van der Waals surface area contributed by atoms with Crippen LogP contribution in [0.25, 0.3) is 0 Å². The van der Waals surface area contributed by atoms with Crippen molar-refractivity contribution < 1.29 is 17.9 Å². The standard InChI is InChI=1S/C22H28N2O4S/c1-15-9-8-10-16(2)21(15)24(29(5,26)27)14-20(25)23-18-13-22(3,4)28-19-12-7-6-11-17(18)19/h6-12,18H,13-14H2,1-5H3,(H,23,25). The quantitative estimate of drug-likeness (QED) is 0.810. The fraction of sp³-hybridized carbons (Fsp3) is 0.409. The number of anilines is 1. The fourth-order valence-electron chi connectivity index (χ4n) is 3.86. The van der Waals surface area contributed by atoms with E-state index in [2.05, 4.69) is 5.32 Å². The number of fused-ring (bicyclic) bond motifs is 1. The molecule has 0 radical (unpaired) electrons. The number of ether oxygens (including phenoxy) is 1. The number of rotatable bonds is 5. The summed E-state index contributed by atoms with van der Waals surface area (Å²) in [6.07, 6.45) is 1.72. The second-order valence-corrected chi connectivity index (χ2v) is 10.1. The Labute approximate surface area is 172 Å². The summed E-state index contributed by atoms with van der Waals surface area (Å²) in [5.74, 6) is 0.388. The van der Waals surface area contributed by atoms with Gasteiger partial charge >= 0.3 is 0 Å². The Morgan fingerprint density at radius 3 is 2.38 bits per heavy atom. The largest absolute Gasteiger partial charge is 0.487 e. The van der Waals surface area contributed by atoms with Crippen molar-refractivity contribution in [2.24, 2.45) is 0 Å². The number of amides is 1. The molecule has 0 saturated heterocycles. The summed E-state index contributed by atoms with van der Waals surface area (Å²) < 4.78 is 32.2. The molecule has 1 aliphatic rings. The van der Waals surface area contributed by atoms with E-state index in [-0.39, 0.29) is 18.5 Å². The summed E-state index contributed by atoms with van der Waals surface area (Å²) in [5, 5.41) is 3.02. The third-order valence-electron chi connectivity index (χ3n) is 5.09. The minimum Gasteiger partial charge on any atom is -0.487 e. The first kappa shape index (κ1) is 21.2. The maximum absolute atomic E-state index is 12.9. The van der Waals surface area contributed by atoms with Gasteiger partial charge in [0.2, 0.25) is 15.9 Å². The van der Waals surface area contributed by atoms with Crippen LogP contribution in [0, 0.1) is 13.8 Å². The highest BCUT2D eigenvalue weighted by Gasteiger charge is 2.35. The monoisotopic (exact) mass is 416 g/mol. The highest BCUT2D eigenvalue weighted by molar-refractivity contribution is 7.92. The van der Waals surface area contributed by atoms with Crippen molar-refractivity contribution >= 4 is 21.6 Å². The van der Waals surface area contributed by atoms with Gasteiger partial charge in [-0.05, 0) is 44.9 Å². The number of nitrogens with one attached hydrogen (secondary N) is 1. The summed E-state index contributed by atoms with van der Waals surface area (Å²) in [7, 11) is -3.63. The molecule has 156 valence electrons. The number of nitrogens with zero attached hydrogens (tertiary/aromatic N) is 1. The lowest BCUT2D eigenvalue weighted by Crippen LogP contribution is -2.45. The van der Waals surface area contributed by atoms with E-state index in [1.54, 1.807) is 0 Å². The Hall–Kier alpha value is -2.54. The highest BCUT2D eigenvalue weighted by atomic mass is 32.2. The van der Waals surface area contributed by atoms with Gasteiger partial charge in [-0.1, -0.05) is 36.4 Å². The van der Waals surface area contributed by atoms with Crippen LogP contribution in [0.3, 0.4) is 0 Å². The molecule has 0 aromatic heterocycles. The van der Waals surface area contributed by atoms with Gasteiger partial charge in [0.25, 0.3) is 0 Å². The molecule has 1 amide bonds. The molecule has 0 bridgehead atoms. The molecule has 1 atom stereocenters. The van der Waals surface area contributed by atoms with E-state index in [9.17, 15) is 13.2 Å². The first-order chi connectivity index (χ1) is 13.5. The van der Waals surface area contributed by atoms with E-state index in [1.807, 2.05) is 70.2 Å². The van der Waals surface area contributed by atoms with Crippen molar-refractivity contribution in [3.63, 3.8) is 0 Å². The number of para-hydroxylation sites is 2. The predicted molar refractivity (Wildman–Crippen MR) is 115 cm³/mol. The zero-order valence-corrected chi connectivity index (χ0v) is 18.3. The Kier molecular flexibility index (Phi) is 5.63. The second-order valence-electron chi connectivity index (χ2n) is 8.23. The third kappa shape index (κ3) is 4.72. The maximum atomic E-state index is 12.9. The molecule has 1 N–H and O–H groups in total. The van der Waals surface area contributed by atoms with Gasteiger partial charge in [-0.25, -0.2) is 8.42 Å². The molecule has 2 aromatic carbocycles. The van der Waals surface area contributed by atoms with Gasteiger partial charge in [-0.3, -0.25) is 9.10 Å². The molecule has 0 saturated carbocycles. The normalized spacial score (nSPS) is 17.8. The van der Waals surface area contributed by atoms with Crippen LogP contribution < -0.4 is 14.4 Å². The zero-order valence-electron chi connectivity index (χ0n) is 17.5. The van der Waals surface area contributed by atoms with Crippen molar-refractivity contribution in [1.29, 1.82) is 0 Å². The zero-order chi connectivity index (χ0) is 21.4. The molecule has 0 fully saturated rings. The van der Waals surface area contributed by atoms with Crippen molar-refractivity contribution in [2.75, 3.05) is 17.1 Å². The maximum Gasteiger partial charge on any atom is 0.241 e. The summed E-state index contributed by atoms with van der Waals surface area (Å²) in [6.45, 7) is 7.36. The van der Waals surface area contributed by atoms with E-state index in [0.29, 0.717) is 12.1 Å². The van der Waals surface area contributed by atoms with Gasteiger partial charge in [-0.15, -0.1) is 0 Å². The lowest BCUT2D eigenvalue weighted by molar-refractivity contribution is -0.120. The van der Waals surface area contributed by atoms with Crippen LogP contribution in [0.1, 0.15) is 43.0 Å². The second kappa shape index (κ2) is 7.71. The van der Waals surface area contributed by atoms with E-state index in [0.717, 1.165) is 28.7 Å². The average molecular weight is 417 g/mol. The third-order valence-corrected chi connectivity index (χ3v) is 6.20. The molecule has 0 spiro atoms. The van der Waals surface area contributed by atoms with Crippen molar-refractivity contribution in [3.05, 3.63) is 59.2 Å². The summed E-state index contributed by atoms with van der Waals surface area (Å²) >= 11 is 0.